The molecule has 23 heavy (non-hydrogen) atoms. The highest BCUT2D eigenvalue weighted by Crippen LogP contribution is 2.21. The lowest BCUT2D eigenvalue weighted by Crippen LogP contribution is -2.49. The molecule has 0 saturated carbocycles. The molecular weight excluding hydrogens is 292 g/mol. The van der Waals surface area contributed by atoms with Crippen LogP contribution in [0.1, 0.15) is 24.3 Å². The van der Waals surface area contributed by atoms with Gasteiger partial charge in [-0.3, -0.25) is 10.2 Å². The molecule has 6 heteroatoms. The fourth-order valence-electron chi connectivity index (χ4n) is 3.58. The van der Waals surface area contributed by atoms with E-state index in [9.17, 15) is 9.90 Å². The molecule has 1 amide bonds. The second-order valence-corrected chi connectivity index (χ2v) is 6.39. The molecule has 6 nitrogen and oxygen atoms in total. The number of rotatable bonds is 6. The standard InChI is InChI=1S/C17H26N4O2/c22-9-7-13(12-4-2-1-3-5-12)10-19-17(23)16-14-11-18-8-6-15(14)20-21-16/h1-5,13-16,18,20-22H,6-11H2,(H,19,23). The molecule has 0 spiro atoms. The number of piperidine rings is 1. The van der Waals surface area contributed by atoms with Crippen molar-refractivity contribution in [3.8, 4) is 0 Å². The van der Waals surface area contributed by atoms with E-state index in [1.165, 1.54) is 0 Å². The van der Waals surface area contributed by atoms with Crippen molar-refractivity contribution >= 4 is 5.91 Å². The number of fused-ring (bicyclic) bond motifs is 1. The Hall–Kier alpha value is -1.47. The quantitative estimate of drug-likeness (QED) is 0.498. The molecule has 2 heterocycles. The van der Waals surface area contributed by atoms with Crippen LogP contribution < -0.4 is 21.5 Å². The predicted molar refractivity (Wildman–Crippen MR) is 88.7 cm³/mol. The van der Waals surface area contributed by atoms with Gasteiger partial charge < -0.3 is 15.7 Å². The summed E-state index contributed by atoms with van der Waals surface area (Å²) in [5, 5.41) is 15.7. The maximum atomic E-state index is 12.5. The molecular formula is C17H26N4O2. The van der Waals surface area contributed by atoms with Gasteiger partial charge in [0.05, 0.1) is 0 Å². The summed E-state index contributed by atoms with van der Waals surface area (Å²) in [5.41, 5.74) is 7.54. The minimum Gasteiger partial charge on any atom is -0.396 e. The van der Waals surface area contributed by atoms with Crippen LogP contribution >= 0.6 is 0 Å². The van der Waals surface area contributed by atoms with Crippen molar-refractivity contribution in [3.05, 3.63) is 35.9 Å². The van der Waals surface area contributed by atoms with E-state index in [1.807, 2.05) is 30.3 Å². The van der Waals surface area contributed by atoms with Crippen LogP contribution in [-0.4, -0.2) is 49.3 Å². The van der Waals surface area contributed by atoms with Crippen molar-refractivity contribution in [1.29, 1.82) is 0 Å². The number of hydrogen-bond donors (Lipinski definition) is 5. The second-order valence-electron chi connectivity index (χ2n) is 6.39. The van der Waals surface area contributed by atoms with Crippen LogP contribution in [0, 0.1) is 5.92 Å². The zero-order valence-electron chi connectivity index (χ0n) is 13.3. The molecule has 0 radical (unpaired) electrons. The summed E-state index contributed by atoms with van der Waals surface area (Å²) in [7, 11) is 0. The fraction of sp³-hybridized carbons (Fsp3) is 0.588. The average Bonchev–Trinajstić information content (AvgIpc) is 3.03. The molecule has 2 aliphatic rings. The van der Waals surface area contributed by atoms with E-state index in [2.05, 4.69) is 21.5 Å². The maximum absolute atomic E-state index is 12.5. The Balaban J connectivity index is 1.56. The van der Waals surface area contributed by atoms with E-state index in [1.54, 1.807) is 0 Å². The summed E-state index contributed by atoms with van der Waals surface area (Å²) in [5.74, 6) is 0.462. The smallest absolute Gasteiger partial charge is 0.238 e. The Morgan fingerprint density at radius 1 is 1.30 bits per heavy atom. The zero-order chi connectivity index (χ0) is 16.1. The Kier molecular flexibility index (Phi) is 5.61. The predicted octanol–water partition coefficient (Wildman–Crippen LogP) is -0.277. The summed E-state index contributed by atoms with van der Waals surface area (Å²) in [4.78, 5) is 12.5. The number of aliphatic hydroxyl groups is 1. The SMILES string of the molecule is O=C(NCC(CCO)c1ccccc1)C1NNC2CCNCC21. The van der Waals surface area contributed by atoms with Crippen molar-refractivity contribution in [2.45, 2.75) is 30.8 Å². The van der Waals surface area contributed by atoms with Gasteiger partial charge in [0, 0.05) is 37.6 Å². The van der Waals surface area contributed by atoms with Crippen LogP contribution in [-0.2, 0) is 4.79 Å². The first-order valence-electron chi connectivity index (χ1n) is 8.45. The normalized spacial score (nSPS) is 28.1. The van der Waals surface area contributed by atoms with Crippen molar-refractivity contribution in [2.24, 2.45) is 5.92 Å². The Bertz CT molecular complexity index is 511. The van der Waals surface area contributed by atoms with Gasteiger partial charge in [-0.05, 0) is 24.9 Å². The van der Waals surface area contributed by atoms with Crippen LogP contribution in [0.25, 0.3) is 0 Å². The van der Waals surface area contributed by atoms with Crippen LogP contribution in [0.4, 0.5) is 0 Å². The average molecular weight is 318 g/mol. The topological polar surface area (TPSA) is 85.4 Å². The third-order valence-corrected chi connectivity index (χ3v) is 4.94. The minimum atomic E-state index is -0.196. The summed E-state index contributed by atoms with van der Waals surface area (Å²) >= 11 is 0. The number of aliphatic hydroxyl groups excluding tert-OH is 1. The molecule has 4 unspecified atom stereocenters. The molecule has 1 aromatic carbocycles. The Morgan fingerprint density at radius 3 is 2.91 bits per heavy atom. The maximum Gasteiger partial charge on any atom is 0.238 e. The van der Waals surface area contributed by atoms with Gasteiger partial charge in [-0.15, -0.1) is 0 Å². The first kappa shape index (κ1) is 16.4. The molecule has 3 rings (SSSR count). The van der Waals surface area contributed by atoms with Gasteiger partial charge in [0.15, 0.2) is 0 Å². The van der Waals surface area contributed by atoms with Gasteiger partial charge in [-0.25, -0.2) is 5.43 Å². The number of benzene rings is 1. The van der Waals surface area contributed by atoms with Crippen molar-refractivity contribution in [2.75, 3.05) is 26.2 Å². The zero-order valence-corrected chi connectivity index (χ0v) is 13.3. The number of carbonyl (C=O) groups excluding carboxylic acids is 1. The number of nitrogens with one attached hydrogen (secondary N) is 4. The summed E-state index contributed by atoms with van der Waals surface area (Å²) in [6, 6.07) is 10.2. The van der Waals surface area contributed by atoms with Crippen molar-refractivity contribution in [3.63, 3.8) is 0 Å². The highest BCUT2D eigenvalue weighted by molar-refractivity contribution is 5.82. The van der Waals surface area contributed by atoms with Crippen molar-refractivity contribution < 1.29 is 9.90 Å². The summed E-state index contributed by atoms with van der Waals surface area (Å²) < 4.78 is 0. The number of amides is 1. The van der Waals surface area contributed by atoms with Gasteiger partial charge in [0.2, 0.25) is 5.91 Å². The number of carbonyl (C=O) groups is 1. The van der Waals surface area contributed by atoms with E-state index in [4.69, 9.17) is 0 Å². The van der Waals surface area contributed by atoms with Gasteiger partial charge in [-0.1, -0.05) is 30.3 Å². The second kappa shape index (κ2) is 7.88. The molecule has 2 aliphatic heterocycles. The van der Waals surface area contributed by atoms with E-state index >= 15 is 0 Å². The van der Waals surface area contributed by atoms with Gasteiger partial charge in [0.25, 0.3) is 0 Å². The molecule has 4 atom stereocenters. The molecule has 0 aromatic heterocycles. The van der Waals surface area contributed by atoms with Crippen LogP contribution in [0.2, 0.25) is 0 Å². The highest BCUT2D eigenvalue weighted by Gasteiger charge is 2.41. The molecule has 2 saturated heterocycles. The lowest BCUT2D eigenvalue weighted by molar-refractivity contribution is -0.123. The van der Waals surface area contributed by atoms with Gasteiger partial charge >= 0.3 is 0 Å². The summed E-state index contributed by atoms with van der Waals surface area (Å²) in [6.07, 6.45) is 1.69. The first-order valence-corrected chi connectivity index (χ1v) is 8.45. The first-order chi connectivity index (χ1) is 11.3. The molecule has 2 fully saturated rings. The van der Waals surface area contributed by atoms with E-state index < -0.39 is 0 Å². The molecule has 1 aromatic rings. The third-order valence-electron chi connectivity index (χ3n) is 4.94. The van der Waals surface area contributed by atoms with Crippen LogP contribution in [0.3, 0.4) is 0 Å². The summed E-state index contributed by atoms with van der Waals surface area (Å²) in [6.45, 7) is 2.53. The van der Waals surface area contributed by atoms with Crippen LogP contribution in [0.5, 0.6) is 0 Å². The molecule has 5 N–H and O–H groups in total. The Morgan fingerprint density at radius 2 is 2.13 bits per heavy atom. The van der Waals surface area contributed by atoms with Crippen molar-refractivity contribution in [1.82, 2.24) is 21.5 Å². The van der Waals surface area contributed by atoms with Crippen LogP contribution in [0.15, 0.2) is 30.3 Å². The molecule has 0 aliphatic carbocycles. The van der Waals surface area contributed by atoms with Gasteiger partial charge in [-0.2, -0.15) is 0 Å². The van der Waals surface area contributed by atoms with E-state index in [0.29, 0.717) is 19.0 Å². The molecule has 126 valence electrons. The monoisotopic (exact) mass is 318 g/mol. The lowest BCUT2D eigenvalue weighted by Gasteiger charge is -2.27. The number of hydrogen-bond acceptors (Lipinski definition) is 5. The minimum absolute atomic E-state index is 0.0348. The Labute approximate surface area is 137 Å². The third kappa shape index (κ3) is 3.90. The highest BCUT2D eigenvalue weighted by atomic mass is 16.3. The largest absolute Gasteiger partial charge is 0.396 e. The lowest BCUT2D eigenvalue weighted by atomic mass is 9.89. The molecule has 0 bridgehead atoms. The fourth-order valence-corrected chi connectivity index (χ4v) is 3.58. The van der Waals surface area contributed by atoms with Gasteiger partial charge in [0.1, 0.15) is 6.04 Å². The van der Waals surface area contributed by atoms with E-state index in [-0.39, 0.29) is 30.4 Å². The van der Waals surface area contributed by atoms with E-state index in [0.717, 1.165) is 25.1 Å². The number of hydrazine groups is 1.